The van der Waals surface area contributed by atoms with Crippen LogP contribution in [0.1, 0.15) is 16.1 Å². The highest BCUT2D eigenvalue weighted by Gasteiger charge is 2.19. The Morgan fingerprint density at radius 2 is 2.21 bits per heavy atom. The smallest absolute Gasteiger partial charge is 0.387 e. The molecular formula is C11H8BrF2N3O2. The van der Waals surface area contributed by atoms with Crippen molar-refractivity contribution in [2.75, 3.05) is 0 Å². The molecule has 0 saturated heterocycles. The van der Waals surface area contributed by atoms with Crippen LogP contribution in [-0.2, 0) is 7.05 Å². The van der Waals surface area contributed by atoms with E-state index in [9.17, 15) is 13.6 Å². The van der Waals surface area contributed by atoms with Gasteiger partial charge in [-0.1, -0.05) is 17.3 Å². The predicted octanol–water partition coefficient (Wildman–Crippen LogP) is 2.41. The number of rotatable bonds is 4. The average Bonchev–Trinajstić information content (AvgIpc) is 2.68. The van der Waals surface area contributed by atoms with Gasteiger partial charge < -0.3 is 4.74 Å². The lowest BCUT2D eigenvalue weighted by atomic mass is 10.1. The van der Waals surface area contributed by atoms with E-state index < -0.39 is 6.61 Å². The monoisotopic (exact) mass is 331 g/mol. The Hall–Kier alpha value is -1.83. The topological polar surface area (TPSA) is 57.0 Å². The van der Waals surface area contributed by atoms with Crippen molar-refractivity contribution in [3.05, 3.63) is 40.1 Å². The van der Waals surface area contributed by atoms with Crippen LogP contribution in [0.25, 0.3) is 0 Å². The number of nitrogens with zero attached hydrogens (tertiary/aromatic N) is 3. The summed E-state index contributed by atoms with van der Waals surface area (Å²) in [6.07, 6.45) is 0. The lowest BCUT2D eigenvalue weighted by molar-refractivity contribution is -0.0498. The highest BCUT2D eigenvalue weighted by molar-refractivity contribution is 9.10. The Kier molecular flexibility index (Phi) is 3.89. The van der Waals surface area contributed by atoms with E-state index in [-0.39, 0.29) is 22.8 Å². The number of hydrogen-bond donors (Lipinski definition) is 0. The molecule has 1 heterocycles. The predicted molar refractivity (Wildman–Crippen MR) is 65.2 cm³/mol. The molecule has 0 saturated carbocycles. The molecule has 19 heavy (non-hydrogen) atoms. The molecule has 0 aliphatic carbocycles. The van der Waals surface area contributed by atoms with Crippen LogP contribution in [0, 0.1) is 0 Å². The molecule has 0 aliphatic rings. The van der Waals surface area contributed by atoms with Crippen LogP contribution in [0.2, 0.25) is 0 Å². The maximum Gasteiger partial charge on any atom is 0.387 e. The third-order valence-electron chi connectivity index (χ3n) is 2.32. The van der Waals surface area contributed by atoms with Gasteiger partial charge in [0.05, 0.1) is 0 Å². The molecule has 0 atom stereocenters. The molecule has 5 nitrogen and oxygen atoms in total. The van der Waals surface area contributed by atoms with E-state index in [0.717, 1.165) is 0 Å². The minimum absolute atomic E-state index is 0.0768. The maximum absolute atomic E-state index is 12.2. The van der Waals surface area contributed by atoms with Crippen molar-refractivity contribution in [3.63, 3.8) is 0 Å². The van der Waals surface area contributed by atoms with Crippen LogP contribution in [0.15, 0.2) is 28.9 Å². The van der Waals surface area contributed by atoms with Crippen molar-refractivity contribution in [2.45, 2.75) is 6.61 Å². The van der Waals surface area contributed by atoms with E-state index in [4.69, 9.17) is 0 Å². The molecule has 0 aliphatic heterocycles. The van der Waals surface area contributed by atoms with Gasteiger partial charge in [-0.3, -0.25) is 4.79 Å². The molecule has 0 N–H and O–H groups in total. The summed E-state index contributed by atoms with van der Waals surface area (Å²) in [6, 6.07) is 5.55. The first-order valence-corrected chi connectivity index (χ1v) is 5.93. The van der Waals surface area contributed by atoms with E-state index in [1.165, 1.54) is 28.9 Å². The zero-order valence-electron chi connectivity index (χ0n) is 9.68. The normalized spacial score (nSPS) is 10.8. The summed E-state index contributed by atoms with van der Waals surface area (Å²) in [6.45, 7) is -2.93. The fraction of sp³-hybridized carbons (Fsp3) is 0.182. The van der Waals surface area contributed by atoms with Crippen LogP contribution < -0.4 is 4.74 Å². The second-order valence-corrected chi connectivity index (χ2v) is 4.34. The Morgan fingerprint density at radius 1 is 1.47 bits per heavy atom. The SMILES string of the molecule is Cn1nnc(Br)c1C(=O)c1cccc(OC(F)F)c1. The van der Waals surface area contributed by atoms with Crippen molar-refractivity contribution in [1.82, 2.24) is 15.0 Å². The summed E-state index contributed by atoms with van der Waals surface area (Å²) < 4.78 is 30.1. The van der Waals surface area contributed by atoms with Gasteiger partial charge in [0.2, 0.25) is 5.78 Å². The first-order valence-electron chi connectivity index (χ1n) is 5.14. The number of ketones is 1. The minimum Gasteiger partial charge on any atom is -0.435 e. The Morgan fingerprint density at radius 3 is 2.79 bits per heavy atom. The molecule has 0 bridgehead atoms. The van der Waals surface area contributed by atoms with E-state index in [1.807, 2.05) is 0 Å². The van der Waals surface area contributed by atoms with Crippen molar-refractivity contribution in [1.29, 1.82) is 0 Å². The van der Waals surface area contributed by atoms with Gasteiger partial charge in [-0.15, -0.1) is 5.10 Å². The molecule has 1 aromatic carbocycles. The van der Waals surface area contributed by atoms with E-state index in [0.29, 0.717) is 4.60 Å². The summed E-state index contributed by atoms with van der Waals surface area (Å²) >= 11 is 3.11. The van der Waals surface area contributed by atoms with Crippen LogP contribution >= 0.6 is 15.9 Å². The van der Waals surface area contributed by atoms with E-state index >= 15 is 0 Å². The fourth-order valence-corrected chi connectivity index (χ4v) is 2.03. The van der Waals surface area contributed by atoms with Crippen LogP contribution in [0.5, 0.6) is 5.75 Å². The summed E-state index contributed by atoms with van der Waals surface area (Å²) in [5, 5.41) is 7.37. The van der Waals surface area contributed by atoms with Crippen LogP contribution in [0.3, 0.4) is 0 Å². The van der Waals surface area contributed by atoms with Gasteiger partial charge in [0.25, 0.3) is 0 Å². The third-order valence-corrected chi connectivity index (χ3v) is 2.86. The number of halogens is 3. The molecule has 0 unspecified atom stereocenters. The van der Waals surface area contributed by atoms with Crippen LogP contribution in [0.4, 0.5) is 8.78 Å². The molecule has 0 amide bonds. The molecule has 0 radical (unpaired) electrons. The maximum atomic E-state index is 12.2. The first kappa shape index (κ1) is 13.6. The van der Waals surface area contributed by atoms with Gasteiger partial charge in [-0.05, 0) is 28.1 Å². The standard InChI is InChI=1S/C11H8BrF2N3O2/c1-17-8(10(12)15-16-17)9(18)6-3-2-4-7(5-6)19-11(13)14/h2-5,11H,1H3. The molecule has 1 aromatic heterocycles. The minimum atomic E-state index is -2.93. The second kappa shape index (κ2) is 5.43. The molecule has 2 aromatic rings. The summed E-state index contributed by atoms with van der Waals surface area (Å²) in [7, 11) is 1.56. The molecule has 0 spiro atoms. The number of benzene rings is 1. The fourth-order valence-electron chi connectivity index (χ4n) is 1.52. The van der Waals surface area contributed by atoms with Gasteiger partial charge in [0.1, 0.15) is 11.4 Å². The van der Waals surface area contributed by atoms with Gasteiger partial charge in [-0.2, -0.15) is 8.78 Å². The lowest BCUT2D eigenvalue weighted by Crippen LogP contribution is -2.09. The zero-order valence-corrected chi connectivity index (χ0v) is 11.3. The second-order valence-electron chi connectivity index (χ2n) is 3.59. The zero-order chi connectivity index (χ0) is 14.0. The van der Waals surface area contributed by atoms with Crippen molar-refractivity contribution >= 4 is 21.7 Å². The van der Waals surface area contributed by atoms with E-state index in [1.54, 1.807) is 7.05 Å². The lowest BCUT2D eigenvalue weighted by Gasteiger charge is -2.06. The van der Waals surface area contributed by atoms with Gasteiger partial charge in [-0.25, -0.2) is 4.68 Å². The highest BCUT2D eigenvalue weighted by atomic mass is 79.9. The van der Waals surface area contributed by atoms with Gasteiger partial charge >= 0.3 is 6.61 Å². The van der Waals surface area contributed by atoms with Crippen molar-refractivity contribution < 1.29 is 18.3 Å². The molecule has 8 heteroatoms. The highest BCUT2D eigenvalue weighted by Crippen LogP contribution is 2.21. The summed E-state index contributed by atoms with van der Waals surface area (Å²) in [5.74, 6) is -0.466. The summed E-state index contributed by atoms with van der Waals surface area (Å²) in [4.78, 5) is 12.2. The average molecular weight is 332 g/mol. The quantitative estimate of drug-likeness (QED) is 0.807. The third kappa shape index (κ3) is 2.95. The Balaban J connectivity index is 2.34. The van der Waals surface area contributed by atoms with Gasteiger partial charge in [0.15, 0.2) is 4.60 Å². The molecular weight excluding hydrogens is 324 g/mol. The number of carbonyl (C=O) groups is 1. The van der Waals surface area contributed by atoms with Crippen LogP contribution in [-0.4, -0.2) is 27.4 Å². The number of aryl methyl sites for hydroxylation is 1. The largest absolute Gasteiger partial charge is 0.435 e. The number of hydrogen-bond acceptors (Lipinski definition) is 4. The molecule has 0 fully saturated rings. The van der Waals surface area contributed by atoms with E-state index in [2.05, 4.69) is 31.0 Å². The number of alkyl halides is 2. The molecule has 2 rings (SSSR count). The van der Waals surface area contributed by atoms with Gasteiger partial charge in [0, 0.05) is 12.6 Å². The van der Waals surface area contributed by atoms with Crippen molar-refractivity contribution in [3.8, 4) is 5.75 Å². The Labute approximate surface area is 115 Å². The molecule has 100 valence electrons. The number of ether oxygens (including phenoxy) is 1. The first-order chi connectivity index (χ1) is 8.99. The Bertz CT molecular complexity index is 596. The van der Waals surface area contributed by atoms with Crippen molar-refractivity contribution in [2.24, 2.45) is 7.05 Å². The number of carbonyl (C=O) groups excluding carboxylic acids is 1. The number of aromatic nitrogens is 3. The summed E-state index contributed by atoms with van der Waals surface area (Å²) in [5.41, 5.74) is 0.443.